The molecule has 2 aromatic rings. The second-order valence-corrected chi connectivity index (χ2v) is 5.16. The highest BCUT2D eigenvalue weighted by atomic mass is 16.5. The lowest BCUT2D eigenvalue weighted by Gasteiger charge is -2.10. The van der Waals surface area contributed by atoms with Crippen LogP contribution in [0.2, 0.25) is 0 Å². The number of nitrogens with one attached hydrogen (secondary N) is 1. The first kappa shape index (κ1) is 13.9. The molecule has 19 heavy (non-hydrogen) atoms. The van der Waals surface area contributed by atoms with Gasteiger partial charge < -0.3 is 14.6 Å². The van der Waals surface area contributed by atoms with E-state index in [9.17, 15) is 0 Å². The molecule has 0 aliphatic carbocycles. The quantitative estimate of drug-likeness (QED) is 0.825. The second-order valence-electron chi connectivity index (χ2n) is 5.16. The molecule has 1 N–H and O–H groups in total. The lowest BCUT2D eigenvalue weighted by molar-refractivity contribution is 0.321. The molecule has 0 atom stereocenters. The first-order chi connectivity index (χ1) is 9.22. The van der Waals surface area contributed by atoms with Gasteiger partial charge in [-0.1, -0.05) is 26.8 Å². The van der Waals surface area contributed by atoms with Crippen molar-refractivity contribution in [3.05, 3.63) is 30.5 Å². The topological polar surface area (TPSA) is 26.2 Å². The van der Waals surface area contributed by atoms with E-state index < -0.39 is 0 Å². The second kappa shape index (κ2) is 6.62. The summed E-state index contributed by atoms with van der Waals surface area (Å²) in [6.07, 6.45) is 3.18. The molecule has 0 amide bonds. The van der Waals surface area contributed by atoms with Crippen molar-refractivity contribution in [2.75, 3.05) is 13.2 Å². The van der Waals surface area contributed by atoms with E-state index in [1.54, 1.807) is 0 Å². The first-order valence-electron chi connectivity index (χ1n) is 7.16. The Balaban J connectivity index is 2.13. The number of ether oxygens (including phenoxy) is 1. The van der Waals surface area contributed by atoms with Crippen LogP contribution in [0, 0.1) is 0 Å². The van der Waals surface area contributed by atoms with Gasteiger partial charge in [0.2, 0.25) is 0 Å². The lowest BCUT2D eigenvalue weighted by atomic mass is 10.2. The van der Waals surface area contributed by atoms with Crippen molar-refractivity contribution in [1.29, 1.82) is 0 Å². The van der Waals surface area contributed by atoms with E-state index in [0.29, 0.717) is 6.04 Å². The van der Waals surface area contributed by atoms with E-state index in [-0.39, 0.29) is 0 Å². The molecule has 0 aliphatic rings. The van der Waals surface area contributed by atoms with Crippen molar-refractivity contribution < 1.29 is 4.74 Å². The van der Waals surface area contributed by atoms with Gasteiger partial charge in [-0.15, -0.1) is 0 Å². The minimum absolute atomic E-state index is 0.533. The third-order valence-electron chi connectivity index (χ3n) is 3.14. The number of benzene rings is 1. The molecular formula is C16H24N2O. The molecule has 1 aromatic carbocycles. The number of hydrogen-bond donors (Lipinski definition) is 1. The van der Waals surface area contributed by atoms with E-state index in [1.807, 2.05) is 0 Å². The highest BCUT2D eigenvalue weighted by Gasteiger charge is 2.06. The minimum atomic E-state index is 0.533. The van der Waals surface area contributed by atoms with Crippen LogP contribution in [0.3, 0.4) is 0 Å². The SMILES string of the molecule is CCCOc1cccc2c1ccn2CCNC(C)C. The fraction of sp³-hybridized carbons (Fsp3) is 0.500. The van der Waals surface area contributed by atoms with Crippen LogP contribution in [-0.4, -0.2) is 23.8 Å². The molecule has 0 bridgehead atoms. The molecular weight excluding hydrogens is 236 g/mol. The Hall–Kier alpha value is -1.48. The van der Waals surface area contributed by atoms with Gasteiger partial charge in [0.15, 0.2) is 0 Å². The van der Waals surface area contributed by atoms with Crippen molar-refractivity contribution in [1.82, 2.24) is 9.88 Å². The predicted octanol–water partition coefficient (Wildman–Crippen LogP) is 3.43. The smallest absolute Gasteiger partial charge is 0.128 e. The van der Waals surface area contributed by atoms with Crippen LogP contribution in [0.25, 0.3) is 10.9 Å². The van der Waals surface area contributed by atoms with E-state index in [4.69, 9.17) is 4.74 Å². The minimum Gasteiger partial charge on any atom is -0.493 e. The number of hydrogen-bond acceptors (Lipinski definition) is 2. The molecule has 0 fully saturated rings. The maximum Gasteiger partial charge on any atom is 0.128 e. The van der Waals surface area contributed by atoms with Gasteiger partial charge in [0.05, 0.1) is 12.1 Å². The number of aromatic nitrogens is 1. The van der Waals surface area contributed by atoms with Crippen LogP contribution in [0.5, 0.6) is 5.75 Å². The monoisotopic (exact) mass is 260 g/mol. The van der Waals surface area contributed by atoms with Crippen molar-refractivity contribution in [3.8, 4) is 5.75 Å². The van der Waals surface area contributed by atoms with Gasteiger partial charge in [-0.25, -0.2) is 0 Å². The Morgan fingerprint density at radius 1 is 1.26 bits per heavy atom. The summed E-state index contributed by atoms with van der Waals surface area (Å²) < 4.78 is 8.08. The third kappa shape index (κ3) is 3.51. The molecule has 1 aromatic heterocycles. The third-order valence-corrected chi connectivity index (χ3v) is 3.14. The van der Waals surface area contributed by atoms with Gasteiger partial charge in [-0.3, -0.25) is 0 Å². The Bertz CT molecular complexity index is 516. The van der Waals surface area contributed by atoms with Crippen LogP contribution in [0.4, 0.5) is 0 Å². The Kier molecular flexibility index (Phi) is 4.86. The summed E-state index contributed by atoms with van der Waals surface area (Å²) in [6, 6.07) is 8.96. The van der Waals surface area contributed by atoms with Gasteiger partial charge in [0.1, 0.15) is 5.75 Å². The van der Waals surface area contributed by atoms with Gasteiger partial charge in [-0.2, -0.15) is 0 Å². The average molecular weight is 260 g/mol. The maximum atomic E-state index is 5.80. The summed E-state index contributed by atoms with van der Waals surface area (Å²) in [5, 5.41) is 4.65. The fourth-order valence-corrected chi connectivity index (χ4v) is 2.20. The zero-order valence-electron chi connectivity index (χ0n) is 12.1. The van der Waals surface area contributed by atoms with E-state index >= 15 is 0 Å². The molecule has 0 saturated heterocycles. The summed E-state index contributed by atoms with van der Waals surface area (Å²) in [4.78, 5) is 0. The molecule has 3 nitrogen and oxygen atoms in total. The summed E-state index contributed by atoms with van der Waals surface area (Å²) in [5.74, 6) is 0.995. The fourth-order valence-electron chi connectivity index (χ4n) is 2.20. The van der Waals surface area contributed by atoms with E-state index in [1.165, 1.54) is 10.9 Å². The largest absolute Gasteiger partial charge is 0.493 e. The Morgan fingerprint density at radius 3 is 2.84 bits per heavy atom. The normalized spacial score (nSPS) is 11.4. The first-order valence-corrected chi connectivity index (χ1v) is 7.16. The molecule has 0 unspecified atom stereocenters. The molecule has 1 heterocycles. The van der Waals surface area contributed by atoms with Gasteiger partial charge >= 0.3 is 0 Å². The molecule has 104 valence electrons. The Morgan fingerprint density at radius 2 is 2.11 bits per heavy atom. The molecule has 3 heteroatoms. The summed E-state index contributed by atoms with van der Waals surface area (Å²) >= 11 is 0. The van der Waals surface area contributed by atoms with Crippen LogP contribution in [0.15, 0.2) is 30.5 Å². The van der Waals surface area contributed by atoms with Gasteiger partial charge in [0.25, 0.3) is 0 Å². The average Bonchev–Trinajstić information content (AvgIpc) is 2.80. The van der Waals surface area contributed by atoms with Crippen molar-refractivity contribution >= 4 is 10.9 Å². The zero-order chi connectivity index (χ0) is 13.7. The van der Waals surface area contributed by atoms with Crippen molar-refractivity contribution in [2.24, 2.45) is 0 Å². The standard InChI is InChI=1S/C16H24N2O/c1-4-12-19-16-7-5-6-15-14(16)8-10-18(15)11-9-17-13(2)3/h5-8,10,13,17H,4,9,11-12H2,1-3H3. The molecule has 2 rings (SSSR count). The highest BCUT2D eigenvalue weighted by molar-refractivity contribution is 5.86. The number of fused-ring (bicyclic) bond motifs is 1. The number of nitrogens with zero attached hydrogens (tertiary/aromatic N) is 1. The van der Waals surface area contributed by atoms with Crippen LogP contribution < -0.4 is 10.1 Å². The van der Waals surface area contributed by atoms with Crippen molar-refractivity contribution in [2.45, 2.75) is 39.8 Å². The van der Waals surface area contributed by atoms with Gasteiger partial charge in [0, 0.05) is 30.7 Å². The van der Waals surface area contributed by atoms with Crippen LogP contribution in [-0.2, 0) is 6.54 Å². The van der Waals surface area contributed by atoms with E-state index in [2.05, 4.69) is 61.1 Å². The molecule has 0 spiro atoms. The summed E-state index contributed by atoms with van der Waals surface area (Å²) in [5.41, 5.74) is 1.25. The van der Waals surface area contributed by atoms with E-state index in [0.717, 1.165) is 31.9 Å². The van der Waals surface area contributed by atoms with Crippen LogP contribution in [0.1, 0.15) is 27.2 Å². The maximum absolute atomic E-state index is 5.80. The van der Waals surface area contributed by atoms with Gasteiger partial charge in [-0.05, 0) is 24.6 Å². The summed E-state index contributed by atoms with van der Waals surface area (Å²) in [7, 11) is 0. The lowest BCUT2D eigenvalue weighted by Crippen LogP contribution is -2.26. The summed E-state index contributed by atoms with van der Waals surface area (Å²) in [6.45, 7) is 9.22. The predicted molar refractivity (Wildman–Crippen MR) is 80.9 cm³/mol. The molecule has 0 aliphatic heterocycles. The zero-order valence-corrected chi connectivity index (χ0v) is 12.1. The Labute approximate surface area is 115 Å². The molecule has 0 radical (unpaired) electrons. The number of rotatable bonds is 7. The highest BCUT2D eigenvalue weighted by Crippen LogP contribution is 2.26. The molecule has 0 saturated carbocycles. The van der Waals surface area contributed by atoms with Crippen molar-refractivity contribution in [3.63, 3.8) is 0 Å². The van der Waals surface area contributed by atoms with Crippen LogP contribution >= 0.6 is 0 Å².